The van der Waals surface area contributed by atoms with E-state index in [0.717, 1.165) is 19.3 Å². The summed E-state index contributed by atoms with van der Waals surface area (Å²) in [5, 5.41) is 10.3. The summed E-state index contributed by atoms with van der Waals surface area (Å²) in [7, 11) is 0. The molecule has 0 aliphatic carbocycles. The second-order valence-electron chi connectivity index (χ2n) is 4.99. The van der Waals surface area contributed by atoms with Crippen LogP contribution in [-0.4, -0.2) is 31.1 Å². The largest absolute Gasteiger partial charge is 2.00 e. The fraction of sp³-hybridized carbons (Fsp3) is 0.929. The molecule has 3 atom stereocenters. The smallest absolute Gasteiger partial charge is 0.550 e. The van der Waals surface area contributed by atoms with E-state index in [1.165, 1.54) is 0 Å². The number of hydrogen-bond acceptors (Lipinski definition) is 6. The first-order chi connectivity index (χ1) is 9.26. The molecule has 0 radical (unpaired) electrons. The van der Waals surface area contributed by atoms with E-state index in [2.05, 4.69) is 6.92 Å². The zero-order valence-corrected chi connectivity index (χ0v) is 15.5. The minimum Gasteiger partial charge on any atom is -0.550 e. The predicted molar refractivity (Wildman–Crippen MR) is 83.7 cm³/mol. The van der Waals surface area contributed by atoms with Gasteiger partial charge in [0.1, 0.15) is 0 Å². The Morgan fingerprint density at radius 1 is 1.05 bits per heavy atom. The number of carbonyl (C=O) groups excluding carboxylic acids is 1. The zero-order chi connectivity index (χ0) is 16.6. The number of nitrogens with two attached hydrogens (primary N) is 4. The number of hydrogen-bond donors (Lipinski definition) is 4. The molecule has 0 spiro atoms. The molecule has 0 aromatic rings. The summed E-state index contributed by atoms with van der Waals surface area (Å²) in [6.07, 6.45) is 3.52. The zero-order valence-electron chi connectivity index (χ0n) is 13.9. The van der Waals surface area contributed by atoms with E-state index in [9.17, 15) is 9.90 Å². The standard InChI is InChI=1S/C8H16O2.2C3H10N2.Pd/c1-3-5-6-7(4-2)8(9)10;2*1-3(5)2-4;/h7H,3-6H2,1-2H3,(H,9,10);2*3H,2,4-5H2,1H3;/q;;;+2/p-1. The molecular formula is C14H35N4O2Pd+. The van der Waals surface area contributed by atoms with Crippen LogP contribution in [0.1, 0.15) is 53.4 Å². The van der Waals surface area contributed by atoms with Crippen LogP contribution in [0.4, 0.5) is 0 Å². The van der Waals surface area contributed by atoms with Gasteiger partial charge in [0.25, 0.3) is 0 Å². The molecule has 0 aromatic carbocycles. The minimum atomic E-state index is -0.893. The number of carboxylic acid groups (broad SMARTS) is 1. The summed E-state index contributed by atoms with van der Waals surface area (Å²) in [6.45, 7) is 8.86. The molecule has 0 fully saturated rings. The topological polar surface area (TPSA) is 144 Å². The Labute approximate surface area is 144 Å². The van der Waals surface area contributed by atoms with Gasteiger partial charge in [-0.2, -0.15) is 0 Å². The van der Waals surface area contributed by atoms with Crippen molar-refractivity contribution in [3.8, 4) is 0 Å². The van der Waals surface area contributed by atoms with Crippen LogP contribution in [0.2, 0.25) is 0 Å². The molecular weight excluding hydrogens is 363 g/mol. The van der Waals surface area contributed by atoms with E-state index in [1.54, 1.807) is 0 Å². The Morgan fingerprint density at radius 2 is 1.38 bits per heavy atom. The van der Waals surface area contributed by atoms with Crippen LogP contribution in [0.5, 0.6) is 0 Å². The Bertz CT molecular complexity index is 197. The van der Waals surface area contributed by atoms with Gasteiger partial charge < -0.3 is 32.8 Å². The van der Waals surface area contributed by atoms with E-state index in [-0.39, 0.29) is 38.4 Å². The Kier molecular flexibility index (Phi) is 30.8. The van der Waals surface area contributed by atoms with Crippen molar-refractivity contribution < 1.29 is 30.3 Å². The third kappa shape index (κ3) is 33.0. The van der Waals surface area contributed by atoms with Gasteiger partial charge in [-0.1, -0.05) is 26.7 Å². The number of rotatable bonds is 7. The quantitative estimate of drug-likeness (QED) is 0.427. The van der Waals surface area contributed by atoms with Crippen molar-refractivity contribution >= 4 is 5.97 Å². The van der Waals surface area contributed by atoms with Gasteiger partial charge in [-0.3, -0.25) is 0 Å². The third-order valence-electron chi connectivity index (χ3n) is 2.48. The summed E-state index contributed by atoms with van der Waals surface area (Å²) in [5.41, 5.74) is 20.4. The van der Waals surface area contributed by atoms with Crippen LogP contribution in [0.25, 0.3) is 0 Å². The average Bonchev–Trinajstić information content (AvgIpc) is 2.40. The van der Waals surface area contributed by atoms with Crippen LogP contribution >= 0.6 is 0 Å². The van der Waals surface area contributed by atoms with Crippen molar-refractivity contribution in [2.45, 2.75) is 65.5 Å². The van der Waals surface area contributed by atoms with E-state index in [0.29, 0.717) is 19.5 Å². The Hall–Kier alpha value is -0.0277. The van der Waals surface area contributed by atoms with Gasteiger partial charge in [-0.15, -0.1) is 0 Å². The molecule has 6 nitrogen and oxygen atoms in total. The third-order valence-corrected chi connectivity index (χ3v) is 2.48. The molecule has 0 rings (SSSR count). The molecule has 0 saturated heterocycles. The number of carbonyl (C=O) groups is 1. The predicted octanol–water partition coefficient (Wildman–Crippen LogP) is -0.465. The van der Waals surface area contributed by atoms with Crippen LogP contribution in [-0.2, 0) is 25.2 Å². The first kappa shape index (κ1) is 29.0. The van der Waals surface area contributed by atoms with Gasteiger partial charge in [0, 0.05) is 31.1 Å². The average molecular weight is 398 g/mol. The van der Waals surface area contributed by atoms with E-state index in [1.807, 2.05) is 20.8 Å². The molecule has 132 valence electrons. The normalized spacial score (nSPS) is 13.3. The summed E-state index contributed by atoms with van der Waals surface area (Å²) in [6, 6.07) is 0.324. The molecule has 7 heteroatoms. The Balaban J connectivity index is -0.000000112. The molecule has 0 saturated carbocycles. The van der Waals surface area contributed by atoms with Crippen LogP contribution in [0, 0.1) is 5.92 Å². The van der Waals surface area contributed by atoms with Gasteiger partial charge in [-0.05, 0) is 32.6 Å². The number of unbranched alkanes of at least 4 members (excludes halogenated alkanes) is 1. The van der Waals surface area contributed by atoms with Crippen LogP contribution in [0.3, 0.4) is 0 Å². The van der Waals surface area contributed by atoms with Gasteiger partial charge in [-0.25, -0.2) is 0 Å². The fourth-order valence-corrected chi connectivity index (χ4v) is 0.939. The molecule has 0 heterocycles. The molecule has 8 N–H and O–H groups in total. The second-order valence-corrected chi connectivity index (χ2v) is 4.99. The molecule has 0 amide bonds. The number of carboxylic acids is 1. The van der Waals surface area contributed by atoms with Crippen molar-refractivity contribution in [3.05, 3.63) is 0 Å². The van der Waals surface area contributed by atoms with E-state index < -0.39 is 5.97 Å². The SMILES string of the molecule is CC(N)CN.CC(N)CN.CCCCC(CC)C(=O)[O-].[Pd+2]. The van der Waals surface area contributed by atoms with Crippen molar-refractivity contribution in [2.24, 2.45) is 28.9 Å². The van der Waals surface area contributed by atoms with Crippen LogP contribution < -0.4 is 28.0 Å². The summed E-state index contributed by atoms with van der Waals surface area (Å²) >= 11 is 0. The summed E-state index contributed by atoms with van der Waals surface area (Å²) in [5.74, 6) is -1.11. The summed E-state index contributed by atoms with van der Waals surface area (Å²) < 4.78 is 0. The second kappa shape index (κ2) is 22.3. The van der Waals surface area contributed by atoms with Gasteiger partial charge in [0.2, 0.25) is 0 Å². The van der Waals surface area contributed by atoms with E-state index >= 15 is 0 Å². The van der Waals surface area contributed by atoms with Crippen molar-refractivity contribution in [3.63, 3.8) is 0 Å². The maximum atomic E-state index is 10.3. The molecule has 0 bridgehead atoms. The maximum absolute atomic E-state index is 10.3. The molecule has 0 aliphatic heterocycles. The van der Waals surface area contributed by atoms with Gasteiger partial charge in [0.15, 0.2) is 0 Å². The van der Waals surface area contributed by atoms with Crippen LogP contribution in [0.15, 0.2) is 0 Å². The Morgan fingerprint density at radius 3 is 1.52 bits per heavy atom. The minimum absolute atomic E-state index is 0. The molecule has 0 aliphatic rings. The number of aliphatic carboxylic acids is 1. The molecule has 0 aromatic heterocycles. The van der Waals surface area contributed by atoms with E-state index in [4.69, 9.17) is 22.9 Å². The molecule has 21 heavy (non-hydrogen) atoms. The first-order valence-electron chi connectivity index (χ1n) is 7.38. The maximum Gasteiger partial charge on any atom is 2.00 e. The van der Waals surface area contributed by atoms with Crippen molar-refractivity contribution in [2.75, 3.05) is 13.1 Å². The van der Waals surface area contributed by atoms with Crippen molar-refractivity contribution in [1.82, 2.24) is 0 Å². The van der Waals surface area contributed by atoms with Crippen molar-refractivity contribution in [1.29, 1.82) is 0 Å². The monoisotopic (exact) mass is 397 g/mol. The molecule has 3 unspecified atom stereocenters. The fourth-order valence-electron chi connectivity index (χ4n) is 0.939. The van der Waals surface area contributed by atoms with Gasteiger partial charge >= 0.3 is 20.4 Å². The first-order valence-corrected chi connectivity index (χ1v) is 7.38. The summed E-state index contributed by atoms with van der Waals surface area (Å²) in [4.78, 5) is 10.3. The van der Waals surface area contributed by atoms with Gasteiger partial charge in [0.05, 0.1) is 0 Å².